The number of anilines is 1. The van der Waals surface area contributed by atoms with E-state index >= 15 is 0 Å². The summed E-state index contributed by atoms with van der Waals surface area (Å²) in [5, 5.41) is 8.80. The highest BCUT2D eigenvalue weighted by atomic mass is 16.3. The molecule has 0 aliphatic heterocycles. The van der Waals surface area contributed by atoms with Crippen LogP contribution in [0.4, 0.5) is 5.69 Å². The molecule has 0 aliphatic rings. The molecule has 0 fully saturated rings. The molecule has 1 aromatic carbocycles. The Kier molecular flexibility index (Phi) is 3.32. The SMILES string of the molecule is Cc1ccc(N(C)CCO)c(C)c1. The Labute approximate surface area is 79.8 Å². The Morgan fingerprint density at radius 3 is 2.54 bits per heavy atom. The van der Waals surface area contributed by atoms with Gasteiger partial charge in [0.15, 0.2) is 0 Å². The Morgan fingerprint density at radius 2 is 2.00 bits per heavy atom. The zero-order chi connectivity index (χ0) is 9.84. The Bertz CT molecular complexity index is 283. The van der Waals surface area contributed by atoms with Gasteiger partial charge in [0.2, 0.25) is 0 Å². The van der Waals surface area contributed by atoms with Gasteiger partial charge >= 0.3 is 0 Å². The third kappa shape index (κ3) is 2.46. The number of likely N-dealkylation sites (N-methyl/N-ethyl adjacent to an activating group) is 1. The van der Waals surface area contributed by atoms with Crippen molar-refractivity contribution in [3.8, 4) is 0 Å². The van der Waals surface area contributed by atoms with Crippen molar-refractivity contribution in [1.29, 1.82) is 0 Å². The summed E-state index contributed by atoms with van der Waals surface area (Å²) < 4.78 is 0. The normalized spacial score (nSPS) is 10.2. The highest BCUT2D eigenvalue weighted by Crippen LogP contribution is 2.19. The number of aliphatic hydroxyl groups excluding tert-OH is 1. The van der Waals surface area contributed by atoms with E-state index in [1.807, 2.05) is 7.05 Å². The van der Waals surface area contributed by atoms with E-state index in [0.717, 1.165) is 0 Å². The van der Waals surface area contributed by atoms with Gasteiger partial charge in [-0.1, -0.05) is 17.7 Å². The third-order valence-electron chi connectivity index (χ3n) is 2.20. The van der Waals surface area contributed by atoms with Gasteiger partial charge in [-0.05, 0) is 25.5 Å². The van der Waals surface area contributed by atoms with Crippen LogP contribution in [0.1, 0.15) is 11.1 Å². The summed E-state index contributed by atoms with van der Waals surface area (Å²) in [4.78, 5) is 2.06. The molecule has 0 amide bonds. The summed E-state index contributed by atoms with van der Waals surface area (Å²) in [5.74, 6) is 0. The highest BCUT2D eigenvalue weighted by Gasteiger charge is 2.02. The summed E-state index contributed by atoms with van der Waals surface area (Å²) >= 11 is 0. The molecule has 0 saturated carbocycles. The molecular weight excluding hydrogens is 162 g/mol. The standard InChI is InChI=1S/C11H17NO/c1-9-4-5-11(10(2)8-9)12(3)6-7-13/h4-5,8,13H,6-7H2,1-3H3. The molecular formula is C11H17NO. The van der Waals surface area contributed by atoms with Crippen LogP contribution in [0.3, 0.4) is 0 Å². The fourth-order valence-electron chi connectivity index (χ4n) is 1.50. The Morgan fingerprint density at radius 1 is 1.31 bits per heavy atom. The van der Waals surface area contributed by atoms with Crippen LogP contribution >= 0.6 is 0 Å². The van der Waals surface area contributed by atoms with Gasteiger partial charge < -0.3 is 10.0 Å². The molecule has 2 heteroatoms. The third-order valence-corrected chi connectivity index (χ3v) is 2.20. The van der Waals surface area contributed by atoms with Crippen LogP contribution in [0.2, 0.25) is 0 Å². The number of hydrogen-bond acceptors (Lipinski definition) is 2. The van der Waals surface area contributed by atoms with Crippen LogP contribution in [0, 0.1) is 13.8 Å². The van der Waals surface area contributed by atoms with E-state index in [1.165, 1.54) is 16.8 Å². The fraction of sp³-hybridized carbons (Fsp3) is 0.455. The molecule has 0 aliphatic carbocycles. The molecule has 0 aromatic heterocycles. The van der Waals surface area contributed by atoms with Crippen LogP contribution in [-0.2, 0) is 0 Å². The molecule has 0 radical (unpaired) electrons. The van der Waals surface area contributed by atoms with Crippen molar-refractivity contribution >= 4 is 5.69 Å². The lowest BCUT2D eigenvalue weighted by atomic mass is 10.1. The summed E-state index contributed by atoms with van der Waals surface area (Å²) in [5.41, 5.74) is 3.73. The zero-order valence-electron chi connectivity index (χ0n) is 8.54. The average molecular weight is 179 g/mol. The first kappa shape index (κ1) is 10.1. The smallest absolute Gasteiger partial charge is 0.0606 e. The molecule has 13 heavy (non-hydrogen) atoms. The molecule has 0 saturated heterocycles. The highest BCUT2D eigenvalue weighted by molar-refractivity contribution is 5.53. The summed E-state index contributed by atoms with van der Waals surface area (Å²) in [6, 6.07) is 6.35. The summed E-state index contributed by atoms with van der Waals surface area (Å²) in [6.07, 6.45) is 0. The van der Waals surface area contributed by atoms with Gasteiger partial charge in [0.1, 0.15) is 0 Å². The molecule has 0 heterocycles. The molecule has 0 bridgehead atoms. The zero-order valence-corrected chi connectivity index (χ0v) is 8.54. The van der Waals surface area contributed by atoms with Gasteiger partial charge in [0.25, 0.3) is 0 Å². The second-order valence-corrected chi connectivity index (χ2v) is 3.44. The van der Waals surface area contributed by atoms with E-state index in [-0.39, 0.29) is 6.61 Å². The first-order chi connectivity index (χ1) is 6.15. The van der Waals surface area contributed by atoms with Crippen molar-refractivity contribution < 1.29 is 5.11 Å². The minimum absolute atomic E-state index is 0.198. The van der Waals surface area contributed by atoms with Crippen molar-refractivity contribution in [2.45, 2.75) is 13.8 Å². The predicted molar refractivity (Wildman–Crippen MR) is 56.3 cm³/mol. The van der Waals surface area contributed by atoms with Crippen LogP contribution < -0.4 is 4.90 Å². The van der Waals surface area contributed by atoms with Crippen LogP contribution in [0.15, 0.2) is 18.2 Å². The molecule has 0 spiro atoms. The predicted octanol–water partition coefficient (Wildman–Crippen LogP) is 1.73. The maximum absolute atomic E-state index is 8.80. The van der Waals surface area contributed by atoms with Crippen molar-refractivity contribution in [1.82, 2.24) is 0 Å². The number of benzene rings is 1. The lowest BCUT2D eigenvalue weighted by molar-refractivity contribution is 0.304. The molecule has 1 aromatic rings. The topological polar surface area (TPSA) is 23.5 Å². The number of hydrogen-bond donors (Lipinski definition) is 1. The molecule has 1 N–H and O–H groups in total. The van der Waals surface area contributed by atoms with Gasteiger partial charge in [-0.25, -0.2) is 0 Å². The van der Waals surface area contributed by atoms with Gasteiger partial charge in [-0.15, -0.1) is 0 Å². The number of aliphatic hydroxyl groups is 1. The summed E-state index contributed by atoms with van der Waals surface area (Å²) in [7, 11) is 1.99. The monoisotopic (exact) mass is 179 g/mol. The minimum Gasteiger partial charge on any atom is -0.395 e. The van der Waals surface area contributed by atoms with Crippen molar-refractivity contribution in [2.75, 3.05) is 25.1 Å². The maximum Gasteiger partial charge on any atom is 0.0606 e. The second kappa shape index (κ2) is 4.28. The van der Waals surface area contributed by atoms with E-state index in [1.54, 1.807) is 0 Å². The van der Waals surface area contributed by atoms with Crippen LogP contribution in [0.5, 0.6) is 0 Å². The van der Waals surface area contributed by atoms with Crippen molar-refractivity contribution in [3.05, 3.63) is 29.3 Å². The molecule has 0 unspecified atom stereocenters. The lowest BCUT2D eigenvalue weighted by Gasteiger charge is -2.20. The molecule has 2 nitrogen and oxygen atoms in total. The molecule has 0 atom stereocenters. The van der Waals surface area contributed by atoms with Gasteiger partial charge in [-0.2, -0.15) is 0 Å². The van der Waals surface area contributed by atoms with Crippen molar-refractivity contribution in [2.24, 2.45) is 0 Å². The first-order valence-corrected chi connectivity index (χ1v) is 4.54. The number of aryl methyl sites for hydroxylation is 2. The van der Waals surface area contributed by atoms with Crippen LogP contribution in [0.25, 0.3) is 0 Å². The largest absolute Gasteiger partial charge is 0.395 e. The van der Waals surface area contributed by atoms with Gasteiger partial charge in [0, 0.05) is 19.3 Å². The number of rotatable bonds is 3. The van der Waals surface area contributed by atoms with Gasteiger partial charge in [0.05, 0.1) is 6.61 Å². The Balaban J connectivity index is 2.88. The van der Waals surface area contributed by atoms with E-state index in [4.69, 9.17) is 5.11 Å². The fourth-order valence-corrected chi connectivity index (χ4v) is 1.50. The van der Waals surface area contributed by atoms with E-state index < -0.39 is 0 Å². The lowest BCUT2D eigenvalue weighted by Crippen LogP contribution is -2.21. The summed E-state index contributed by atoms with van der Waals surface area (Å²) in [6.45, 7) is 5.06. The minimum atomic E-state index is 0.198. The van der Waals surface area contributed by atoms with E-state index in [9.17, 15) is 0 Å². The van der Waals surface area contributed by atoms with Gasteiger partial charge in [-0.3, -0.25) is 0 Å². The van der Waals surface area contributed by atoms with Crippen molar-refractivity contribution in [3.63, 3.8) is 0 Å². The quantitative estimate of drug-likeness (QED) is 0.764. The van der Waals surface area contributed by atoms with E-state index in [2.05, 4.69) is 36.9 Å². The van der Waals surface area contributed by atoms with E-state index in [0.29, 0.717) is 6.54 Å². The van der Waals surface area contributed by atoms with Crippen LogP contribution in [-0.4, -0.2) is 25.3 Å². The Hall–Kier alpha value is -1.02. The average Bonchev–Trinajstić information content (AvgIpc) is 2.04. The molecule has 1 rings (SSSR count). The molecule has 72 valence electrons. The maximum atomic E-state index is 8.80. The second-order valence-electron chi connectivity index (χ2n) is 3.44. The first-order valence-electron chi connectivity index (χ1n) is 4.54. The number of nitrogens with zero attached hydrogens (tertiary/aromatic N) is 1.